The summed E-state index contributed by atoms with van der Waals surface area (Å²) >= 11 is 2.74. The van der Waals surface area contributed by atoms with Crippen molar-refractivity contribution in [2.75, 3.05) is 0 Å². The van der Waals surface area contributed by atoms with Crippen molar-refractivity contribution in [2.24, 2.45) is 0 Å². The fraction of sp³-hybridized carbons (Fsp3) is 0.600. The molecule has 0 aromatic heterocycles. The summed E-state index contributed by atoms with van der Waals surface area (Å²) in [6.07, 6.45) is 33.3. The van der Waals surface area contributed by atoms with Gasteiger partial charge in [0.1, 0.15) is 0 Å². The molecule has 0 atom stereocenters. The predicted molar refractivity (Wildman–Crippen MR) is 199 cm³/mol. The average Bonchev–Trinajstić information content (AvgIpc) is 2.85. The van der Waals surface area contributed by atoms with E-state index in [1.54, 1.807) is 0 Å². The molecule has 0 aliphatic heterocycles. The molecule has 0 heterocycles. The maximum Gasteiger partial charge on any atom is 0.0472 e. The van der Waals surface area contributed by atoms with E-state index >= 15 is 0 Å². The first-order valence-electron chi connectivity index (χ1n) is 16.1. The van der Waals surface area contributed by atoms with E-state index in [0.29, 0.717) is 0 Å². The van der Waals surface area contributed by atoms with Gasteiger partial charge in [0.15, 0.2) is 0 Å². The van der Waals surface area contributed by atoms with E-state index in [0.717, 1.165) is 64.2 Å². The number of halogens is 1. The van der Waals surface area contributed by atoms with Crippen LogP contribution in [0.2, 0.25) is 0 Å². The van der Waals surface area contributed by atoms with Crippen molar-refractivity contribution in [2.45, 2.75) is 157 Å². The third-order valence-corrected chi connectivity index (χ3v) is 8.61. The van der Waals surface area contributed by atoms with Crippen molar-refractivity contribution in [1.82, 2.24) is 0 Å². The highest BCUT2D eigenvalue weighted by Crippen LogP contribution is 2.34. The number of hydrogen-bond donors (Lipinski definition) is 0. The van der Waals surface area contributed by atoms with Gasteiger partial charge >= 0.3 is 0 Å². The Kier molecular flexibility index (Phi) is 22.4. The van der Waals surface area contributed by atoms with Crippen LogP contribution in [0.15, 0.2) is 93.2 Å². The molecular formula is C40H65I. The molecule has 0 unspecified atom stereocenters. The van der Waals surface area contributed by atoms with Crippen molar-refractivity contribution in [3.05, 3.63) is 93.2 Å². The number of alkyl halides is 1. The zero-order chi connectivity index (χ0) is 31.3. The summed E-state index contributed by atoms with van der Waals surface area (Å²) in [6.45, 7) is 24.7. The van der Waals surface area contributed by atoms with Crippen LogP contribution in [-0.4, -0.2) is 3.42 Å². The van der Waals surface area contributed by atoms with E-state index in [4.69, 9.17) is 0 Å². The number of allylic oxidation sites excluding steroid dienone is 16. The molecule has 0 aromatic rings. The van der Waals surface area contributed by atoms with Crippen molar-refractivity contribution >= 4 is 22.6 Å². The molecule has 0 amide bonds. The molecule has 0 saturated carbocycles. The fourth-order valence-electron chi connectivity index (χ4n) is 4.67. The van der Waals surface area contributed by atoms with Crippen LogP contribution in [-0.2, 0) is 0 Å². The Balaban J connectivity index is 5.32. The minimum Gasteiger partial charge on any atom is -0.0856 e. The van der Waals surface area contributed by atoms with Crippen molar-refractivity contribution in [3.8, 4) is 0 Å². The third kappa shape index (κ3) is 24.9. The zero-order valence-corrected chi connectivity index (χ0v) is 31.1. The molecule has 41 heavy (non-hydrogen) atoms. The summed E-state index contributed by atoms with van der Waals surface area (Å²) in [5.41, 5.74) is 11.8. The van der Waals surface area contributed by atoms with Gasteiger partial charge in [0.05, 0.1) is 0 Å². The van der Waals surface area contributed by atoms with Gasteiger partial charge in [0, 0.05) is 3.42 Å². The summed E-state index contributed by atoms with van der Waals surface area (Å²) in [7, 11) is 0. The zero-order valence-electron chi connectivity index (χ0n) is 29.0. The topological polar surface area (TPSA) is 0 Å². The first-order valence-corrected chi connectivity index (χ1v) is 17.2. The lowest BCUT2D eigenvalue weighted by Gasteiger charge is -2.23. The Morgan fingerprint density at radius 3 is 0.976 bits per heavy atom. The molecule has 0 saturated heterocycles. The van der Waals surface area contributed by atoms with Gasteiger partial charge in [-0.05, 0) is 153 Å². The van der Waals surface area contributed by atoms with Gasteiger partial charge in [-0.1, -0.05) is 116 Å². The van der Waals surface area contributed by atoms with Crippen LogP contribution in [0.5, 0.6) is 0 Å². The second kappa shape index (κ2) is 23.1. The van der Waals surface area contributed by atoms with Crippen LogP contribution >= 0.6 is 22.6 Å². The maximum absolute atomic E-state index is 2.74. The molecule has 0 bridgehead atoms. The van der Waals surface area contributed by atoms with Gasteiger partial charge in [-0.2, -0.15) is 0 Å². The van der Waals surface area contributed by atoms with Gasteiger partial charge in [0.2, 0.25) is 0 Å². The molecule has 0 aromatic carbocycles. The van der Waals surface area contributed by atoms with Crippen molar-refractivity contribution in [3.63, 3.8) is 0 Å². The van der Waals surface area contributed by atoms with E-state index < -0.39 is 0 Å². The van der Waals surface area contributed by atoms with Gasteiger partial charge in [-0.3, -0.25) is 0 Å². The first-order chi connectivity index (χ1) is 19.2. The average molecular weight is 673 g/mol. The molecule has 0 aliphatic rings. The summed E-state index contributed by atoms with van der Waals surface area (Å²) in [5, 5.41) is 0. The van der Waals surface area contributed by atoms with Crippen LogP contribution in [0.25, 0.3) is 0 Å². The van der Waals surface area contributed by atoms with Gasteiger partial charge in [-0.15, -0.1) is 0 Å². The molecule has 0 rings (SSSR count). The van der Waals surface area contributed by atoms with Crippen LogP contribution in [0.3, 0.4) is 0 Å². The summed E-state index contributed by atoms with van der Waals surface area (Å²) in [5.74, 6) is 0. The molecule has 0 N–H and O–H groups in total. The van der Waals surface area contributed by atoms with E-state index in [9.17, 15) is 0 Å². The summed E-state index contributed by atoms with van der Waals surface area (Å²) < 4.78 is 0.127. The number of rotatable bonds is 20. The number of hydrogen-bond acceptors (Lipinski definition) is 0. The molecular weight excluding hydrogens is 607 g/mol. The van der Waals surface area contributed by atoms with E-state index in [2.05, 4.69) is 147 Å². The molecule has 0 fully saturated rings. The molecule has 232 valence electrons. The Labute approximate surface area is 271 Å². The Morgan fingerprint density at radius 1 is 0.390 bits per heavy atom. The quantitative estimate of drug-likeness (QED) is 0.0686. The summed E-state index contributed by atoms with van der Waals surface area (Å²) in [4.78, 5) is 0. The Hall–Kier alpha value is -1.35. The van der Waals surface area contributed by atoms with Crippen LogP contribution < -0.4 is 0 Å². The minimum absolute atomic E-state index is 0.127. The maximum atomic E-state index is 2.74. The van der Waals surface area contributed by atoms with Crippen LogP contribution in [0.1, 0.15) is 153 Å². The second-order valence-corrected chi connectivity index (χ2v) is 15.3. The normalized spacial score (nSPS) is 15.0. The fourth-order valence-corrected chi connectivity index (χ4v) is 5.64. The Morgan fingerprint density at radius 2 is 0.659 bits per heavy atom. The van der Waals surface area contributed by atoms with Gasteiger partial charge in [-0.25, -0.2) is 0 Å². The van der Waals surface area contributed by atoms with Crippen LogP contribution in [0.4, 0.5) is 0 Å². The highest BCUT2D eigenvalue weighted by Gasteiger charge is 2.21. The molecule has 1 heteroatoms. The van der Waals surface area contributed by atoms with Crippen molar-refractivity contribution in [1.29, 1.82) is 0 Å². The van der Waals surface area contributed by atoms with Gasteiger partial charge in [0.25, 0.3) is 0 Å². The lowest BCUT2D eigenvalue weighted by atomic mass is 9.93. The minimum atomic E-state index is 0.127. The van der Waals surface area contributed by atoms with E-state index in [-0.39, 0.29) is 3.42 Å². The SMILES string of the molecule is CC(C)=CCCC(C)=CCCC(C)=CCC(I)(/C=C(\C)CCC=C(C)C)CC=C(C)CCC=C(C)CCC=C(C)C. The largest absolute Gasteiger partial charge is 0.0856 e. The van der Waals surface area contributed by atoms with E-state index in [1.807, 2.05) is 0 Å². The smallest absolute Gasteiger partial charge is 0.0472 e. The van der Waals surface area contributed by atoms with Gasteiger partial charge < -0.3 is 0 Å². The third-order valence-electron chi connectivity index (χ3n) is 7.42. The molecule has 0 nitrogen and oxygen atoms in total. The molecule has 0 spiro atoms. The highest BCUT2D eigenvalue weighted by molar-refractivity contribution is 14.1. The van der Waals surface area contributed by atoms with Crippen molar-refractivity contribution < 1.29 is 0 Å². The first kappa shape index (κ1) is 39.6. The molecule has 0 radical (unpaired) electrons. The lowest BCUT2D eigenvalue weighted by Crippen LogP contribution is -2.16. The standard InChI is InChI=1S/C40H65I/c1-32(2)17-12-20-35(7)22-15-24-37(9)27-29-40(41,31-39(11)26-14-19-34(5)6)30-28-38(10)25-16-23-36(8)21-13-18-33(3)4/h17-19,22-23,27-28,31H,12-16,20-21,24-26,29-30H2,1-11H3/b35-22?,36-23?,37-27?,38-28?,39-31+. The van der Waals surface area contributed by atoms with Crippen LogP contribution in [0, 0.1) is 0 Å². The second-order valence-electron chi connectivity index (χ2n) is 13.2. The predicted octanol–water partition coefficient (Wildman–Crippen LogP) is 14.5. The summed E-state index contributed by atoms with van der Waals surface area (Å²) in [6, 6.07) is 0. The molecule has 0 aliphatic carbocycles. The lowest BCUT2D eigenvalue weighted by molar-refractivity contribution is 0.741. The van der Waals surface area contributed by atoms with E-state index in [1.165, 1.54) is 57.4 Å². The highest BCUT2D eigenvalue weighted by atomic mass is 127. The monoisotopic (exact) mass is 672 g/mol. The Bertz CT molecular complexity index is 927.